The Morgan fingerprint density at radius 1 is 0.789 bits per heavy atom. The molecule has 0 atom stereocenters. The molecule has 0 amide bonds. The topological polar surface area (TPSA) is 0 Å². The van der Waals surface area contributed by atoms with Gasteiger partial charge in [-0.05, 0) is 40.4 Å². The van der Waals surface area contributed by atoms with Crippen LogP contribution in [0.4, 0.5) is 0 Å². The molecule has 1 radical (unpaired) electrons. The maximum Gasteiger partial charge on any atom is 0.0505 e. The molecule has 0 saturated carbocycles. The molecule has 0 aliphatic heterocycles. The van der Waals surface area contributed by atoms with Crippen LogP contribution in [0.15, 0.2) is 59.3 Å². The normalized spacial score (nSPS) is 16.4. The van der Waals surface area contributed by atoms with Gasteiger partial charge < -0.3 is 0 Å². The minimum absolute atomic E-state index is 0.0615. The molecule has 1 aliphatic carbocycles. The molecule has 19 heavy (non-hydrogen) atoms. The monoisotopic (exact) mass is 281 g/mol. The Hall–Kier alpha value is -1.38. The molecular formula is C17H13S2. The van der Waals surface area contributed by atoms with E-state index in [2.05, 4.69) is 65.7 Å². The number of thiophene rings is 2. The zero-order chi connectivity index (χ0) is 12.7. The molecule has 2 aromatic heterocycles. The van der Waals surface area contributed by atoms with Crippen LogP contribution in [0, 0.1) is 6.42 Å². The van der Waals surface area contributed by atoms with E-state index in [0.29, 0.717) is 0 Å². The van der Waals surface area contributed by atoms with Crippen LogP contribution in [0.3, 0.4) is 0 Å². The molecule has 1 aliphatic rings. The molecule has 0 saturated heterocycles. The highest BCUT2D eigenvalue weighted by atomic mass is 32.1. The lowest BCUT2D eigenvalue weighted by Crippen LogP contribution is -2.24. The highest BCUT2D eigenvalue weighted by Gasteiger charge is 2.42. The van der Waals surface area contributed by atoms with E-state index in [1.54, 1.807) is 0 Å². The average Bonchev–Trinajstić information content (AvgIpc) is 3.18. The van der Waals surface area contributed by atoms with Crippen LogP contribution in [0.2, 0.25) is 0 Å². The summed E-state index contributed by atoms with van der Waals surface area (Å²) in [6, 6.07) is 17.6. The quantitative estimate of drug-likeness (QED) is 0.626. The summed E-state index contributed by atoms with van der Waals surface area (Å²) >= 11 is 3.73. The van der Waals surface area contributed by atoms with Gasteiger partial charge in [0, 0.05) is 16.2 Å². The highest BCUT2D eigenvalue weighted by Crippen LogP contribution is 2.49. The van der Waals surface area contributed by atoms with Gasteiger partial charge in [-0.2, -0.15) is 0 Å². The second kappa shape index (κ2) is 4.32. The molecule has 2 heteroatoms. The van der Waals surface area contributed by atoms with Gasteiger partial charge in [-0.1, -0.05) is 36.4 Å². The predicted molar refractivity (Wildman–Crippen MR) is 83.0 cm³/mol. The van der Waals surface area contributed by atoms with Gasteiger partial charge in [0.1, 0.15) is 0 Å². The summed E-state index contributed by atoms with van der Waals surface area (Å²) in [5.74, 6) is 0. The van der Waals surface area contributed by atoms with E-state index in [-0.39, 0.29) is 5.41 Å². The van der Waals surface area contributed by atoms with Gasteiger partial charge in [-0.25, -0.2) is 0 Å². The first-order valence-electron chi connectivity index (χ1n) is 6.40. The minimum atomic E-state index is 0.0615. The lowest BCUT2D eigenvalue weighted by Gasteiger charge is -2.26. The Balaban J connectivity index is 1.89. The number of rotatable bonds is 2. The Morgan fingerprint density at radius 3 is 2.05 bits per heavy atom. The maximum absolute atomic E-state index is 2.46. The third kappa shape index (κ3) is 1.71. The number of benzene rings is 1. The molecule has 0 bridgehead atoms. The fourth-order valence-corrected chi connectivity index (χ4v) is 4.84. The van der Waals surface area contributed by atoms with Gasteiger partial charge in [0.25, 0.3) is 0 Å². The summed E-state index contributed by atoms with van der Waals surface area (Å²) in [6.45, 7) is 0. The van der Waals surface area contributed by atoms with Gasteiger partial charge in [0.15, 0.2) is 0 Å². The third-order valence-corrected chi connectivity index (χ3v) is 5.94. The van der Waals surface area contributed by atoms with Crippen molar-refractivity contribution in [3.63, 3.8) is 0 Å². The van der Waals surface area contributed by atoms with Crippen molar-refractivity contribution >= 4 is 22.7 Å². The summed E-state index contributed by atoms with van der Waals surface area (Å²) < 4.78 is 0. The fraction of sp³-hybridized carbons (Fsp3) is 0.118. The molecule has 0 fully saturated rings. The predicted octanol–water partition coefficient (Wildman–Crippen LogP) is 4.90. The van der Waals surface area contributed by atoms with E-state index in [9.17, 15) is 0 Å². The third-order valence-electron chi connectivity index (χ3n) is 3.85. The molecule has 0 spiro atoms. The fourth-order valence-electron chi connectivity index (χ4n) is 2.96. The Kier molecular flexibility index (Phi) is 2.61. The van der Waals surface area contributed by atoms with Crippen molar-refractivity contribution in [2.75, 3.05) is 0 Å². The molecule has 1 aromatic carbocycles. The summed E-state index contributed by atoms with van der Waals surface area (Å²) in [5.41, 5.74) is 2.92. The largest absolute Gasteiger partial charge is 0.148 e. The van der Waals surface area contributed by atoms with E-state index < -0.39 is 0 Å². The highest BCUT2D eigenvalue weighted by molar-refractivity contribution is 7.11. The van der Waals surface area contributed by atoms with Gasteiger partial charge in [-0.3, -0.25) is 0 Å². The lowest BCUT2D eigenvalue weighted by atomic mass is 9.81. The summed E-state index contributed by atoms with van der Waals surface area (Å²) in [4.78, 5) is 2.90. The van der Waals surface area contributed by atoms with Crippen LogP contribution in [-0.2, 0) is 11.8 Å². The molecule has 0 nitrogen and oxygen atoms in total. The lowest BCUT2D eigenvalue weighted by molar-refractivity contribution is 0.665. The van der Waals surface area contributed by atoms with Crippen molar-refractivity contribution < 1.29 is 0 Å². The second-order valence-electron chi connectivity index (χ2n) is 4.95. The van der Waals surface area contributed by atoms with E-state index in [4.69, 9.17) is 0 Å². The number of fused-ring (bicyclic) bond motifs is 1. The zero-order valence-corrected chi connectivity index (χ0v) is 12.0. The first kappa shape index (κ1) is 11.4. The van der Waals surface area contributed by atoms with E-state index in [1.165, 1.54) is 20.9 Å². The SMILES string of the molecule is [CH]1c2ccccc2CC1(c1cccs1)c1cccs1. The van der Waals surface area contributed by atoms with Gasteiger partial charge in [0.05, 0.1) is 5.41 Å². The van der Waals surface area contributed by atoms with Crippen molar-refractivity contribution in [2.45, 2.75) is 11.8 Å². The van der Waals surface area contributed by atoms with Crippen LogP contribution in [0.1, 0.15) is 20.9 Å². The van der Waals surface area contributed by atoms with Gasteiger partial charge in [-0.15, -0.1) is 22.7 Å². The smallest absolute Gasteiger partial charge is 0.0505 e. The van der Waals surface area contributed by atoms with E-state index in [1.807, 2.05) is 22.7 Å². The van der Waals surface area contributed by atoms with Crippen molar-refractivity contribution in [1.29, 1.82) is 0 Å². The van der Waals surface area contributed by atoms with Crippen molar-refractivity contribution in [2.24, 2.45) is 0 Å². The van der Waals surface area contributed by atoms with Gasteiger partial charge in [0.2, 0.25) is 0 Å². The molecule has 4 rings (SSSR count). The summed E-state index contributed by atoms with van der Waals surface area (Å²) in [6.07, 6.45) is 3.55. The molecule has 2 heterocycles. The van der Waals surface area contributed by atoms with Crippen molar-refractivity contribution in [1.82, 2.24) is 0 Å². The van der Waals surface area contributed by atoms with Crippen LogP contribution in [-0.4, -0.2) is 0 Å². The van der Waals surface area contributed by atoms with Crippen LogP contribution >= 0.6 is 22.7 Å². The first-order chi connectivity index (χ1) is 9.38. The molecule has 0 unspecified atom stereocenters. The van der Waals surface area contributed by atoms with Crippen LogP contribution in [0.5, 0.6) is 0 Å². The summed E-state index contributed by atoms with van der Waals surface area (Å²) in [5, 5.41) is 4.36. The van der Waals surface area contributed by atoms with E-state index >= 15 is 0 Å². The minimum Gasteiger partial charge on any atom is -0.148 e. The number of hydrogen-bond donors (Lipinski definition) is 0. The number of hydrogen-bond acceptors (Lipinski definition) is 2. The zero-order valence-electron chi connectivity index (χ0n) is 10.4. The standard InChI is InChI=1S/C17H13S2/c1-2-6-14-12-17(11-13(14)5-1,15-7-3-9-18-15)16-8-4-10-19-16/h1-11H,12H2. The molecule has 3 aromatic rings. The van der Waals surface area contributed by atoms with Crippen molar-refractivity contribution in [3.05, 3.63) is 86.6 Å². The van der Waals surface area contributed by atoms with Crippen molar-refractivity contribution in [3.8, 4) is 0 Å². The van der Waals surface area contributed by atoms with Crippen LogP contribution in [0.25, 0.3) is 0 Å². The molecule has 93 valence electrons. The van der Waals surface area contributed by atoms with Gasteiger partial charge >= 0.3 is 0 Å². The molecular weight excluding hydrogens is 268 g/mol. The Bertz CT molecular complexity index is 617. The Labute approximate surface area is 121 Å². The first-order valence-corrected chi connectivity index (χ1v) is 8.16. The Morgan fingerprint density at radius 2 is 1.47 bits per heavy atom. The van der Waals surface area contributed by atoms with Crippen LogP contribution < -0.4 is 0 Å². The average molecular weight is 281 g/mol. The maximum atomic E-state index is 2.46. The summed E-state index contributed by atoms with van der Waals surface area (Å²) in [7, 11) is 0. The molecule has 0 N–H and O–H groups in total. The van der Waals surface area contributed by atoms with E-state index in [0.717, 1.165) is 6.42 Å². The second-order valence-corrected chi connectivity index (χ2v) is 6.84.